The van der Waals surface area contributed by atoms with Crippen LogP contribution in [-0.4, -0.2) is 14.5 Å². The topological polar surface area (TPSA) is 63.6 Å². The predicted molar refractivity (Wildman–Crippen MR) is 31.4 cm³/mol. The van der Waals surface area contributed by atoms with Gasteiger partial charge in [0.05, 0.1) is 0 Å². The second-order valence-electron chi connectivity index (χ2n) is 0.888. The molecule has 2 atom stereocenters. The molecule has 0 aliphatic heterocycles. The first kappa shape index (κ1) is 12.7. The molecule has 0 aromatic carbocycles. The van der Waals surface area contributed by atoms with Gasteiger partial charge in [0.15, 0.2) is 0 Å². The Morgan fingerprint density at radius 1 is 1.78 bits per heavy atom. The number of rotatable bonds is 3. The van der Waals surface area contributed by atoms with Gasteiger partial charge in [0.1, 0.15) is 0 Å². The van der Waals surface area contributed by atoms with Crippen molar-refractivity contribution in [2.45, 2.75) is 0 Å². The van der Waals surface area contributed by atoms with Crippen LogP contribution in [0.15, 0.2) is 0 Å². The molecule has 2 unspecified atom stereocenters. The summed E-state index contributed by atoms with van der Waals surface area (Å²) >= 11 is 0. The summed E-state index contributed by atoms with van der Waals surface area (Å²) in [6.45, 7) is 0. The van der Waals surface area contributed by atoms with Crippen LogP contribution in [0.1, 0.15) is 0 Å². The van der Waals surface area contributed by atoms with Gasteiger partial charge in [-0.15, -0.1) is 0 Å². The standard InChI is InChI=1S/CH4O4P2Si.Ir/c2-7(3,1-6)5-8-4;/h1H,6H2,(H,2,3);/q-1;. The van der Waals surface area contributed by atoms with E-state index in [1.54, 1.807) is 0 Å². The van der Waals surface area contributed by atoms with Gasteiger partial charge < -0.3 is 13.6 Å². The summed E-state index contributed by atoms with van der Waals surface area (Å²) in [5.74, 6) is 0.887. The Kier molecular flexibility index (Phi) is 8.26. The van der Waals surface area contributed by atoms with E-state index in [2.05, 4.69) is 4.21 Å². The van der Waals surface area contributed by atoms with Crippen molar-refractivity contribution in [3.63, 3.8) is 0 Å². The monoisotopic (exact) mass is 363 g/mol. The molecule has 8 heteroatoms. The first-order chi connectivity index (χ1) is 3.62. The van der Waals surface area contributed by atoms with Crippen LogP contribution in [0, 0.1) is 5.90 Å². The molecular formula is CH4IrO4P2Si-. The van der Waals surface area contributed by atoms with Crippen LogP contribution in [-0.2, 0) is 33.3 Å². The molecule has 0 saturated heterocycles. The van der Waals surface area contributed by atoms with E-state index < -0.39 is 17.2 Å². The van der Waals surface area contributed by atoms with E-state index in [0.29, 0.717) is 0 Å². The minimum absolute atomic E-state index is 0. The molecule has 0 rings (SSSR count). The Hall–Kier alpha value is 1.09. The SMILES string of the molecule is O=[Si]OP(=O)(O)[CH-]P.[Ir]. The maximum atomic E-state index is 10.2. The van der Waals surface area contributed by atoms with Crippen LogP contribution in [0.5, 0.6) is 0 Å². The van der Waals surface area contributed by atoms with Gasteiger partial charge in [-0.05, 0) is 0 Å². The zero-order valence-corrected chi connectivity index (χ0v) is 9.55. The second-order valence-corrected chi connectivity index (χ2v) is 4.11. The van der Waals surface area contributed by atoms with Crippen molar-refractivity contribution in [2.75, 3.05) is 0 Å². The van der Waals surface area contributed by atoms with Crippen molar-refractivity contribution in [1.29, 1.82) is 0 Å². The molecule has 1 N–H and O–H groups in total. The minimum atomic E-state index is -3.64. The van der Waals surface area contributed by atoms with Crippen molar-refractivity contribution in [3.8, 4) is 0 Å². The fourth-order valence-electron chi connectivity index (χ4n) is 0.0838. The fraction of sp³-hybridized carbons (Fsp3) is 0. The molecular weight excluding hydrogens is 358 g/mol. The minimum Gasteiger partial charge on any atom is -0.475 e. The van der Waals surface area contributed by atoms with E-state index in [0.717, 1.165) is 5.90 Å². The van der Waals surface area contributed by atoms with Gasteiger partial charge in [-0.1, -0.05) is 0 Å². The zero-order chi connectivity index (χ0) is 6.62. The van der Waals surface area contributed by atoms with Crippen molar-refractivity contribution >= 4 is 26.5 Å². The van der Waals surface area contributed by atoms with Crippen LogP contribution in [0.2, 0.25) is 0 Å². The van der Waals surface area contributed by atoms with Crippen LogP contribution in [0.25, 0.3) is 0 Å². The third-order valence-corrected chi connectivity index (χ3v) is 3.21. The quantitative estimate of drug-likeness (QED) is 0.441. The van der Waals surface area contributed by atoms with Gasteiger partial charge in [-0.2, -0.15) is 5.90 Å². The molecule has 0 saturated carbocycles. The molecule has 0 amide bonds. The summed E-state index contributed by atoms with van der Waals surface area (Å²) in [5, 5.41) is 0. The Balaban J connectivity index is 0. The molecule has 0 aliphatic rings. The van der Waals surface area contributed by atoms with E-state index >= 15 is 0 Å². The van der Waals surface area contributed by atoms with E-state index in [1.165, 1.54) is 0 Å². The van der Waals surface area contributed by atoms with E-state index in [-0.39, 0.29) is 20.1 Å². The number of hydrogen-bond donors (Lipinski definition) is 1. The Morgan fingerprint density at radius 2 is 2.22 bits per heavy atom. The molecule has 4 nitrogen and oxygen atoms in total. The average molecular weight is 362 g/mol. The second kappa shape index (κ2) is 5.84. The zero-order valence-electron chi connectivity index (χ0n) is 4.11. The van der Waals surface area contributed by atoms with Gasteiger partial charge >= 0.3 is 9.65 Å². The summed E-state index contributed by atoms with van der Waals surface area (Å²) in [5.41, 5.74) is 0. The van der Waals surface area contributed by atoms with Crippen LogP contribution in [0.3, 0.4) is 0 Å². The van der Waals surface area contributed by atoms with Crippen molar-refractivity contribution in [1.82, 2.24) is 0 Å². The molecule has 0 bridgehead atoms. The van der Waals surface area contributed by atoms with Crippen LogP contribution >= 0.6 is 16.8 Å². The van der Waals surface area contributed by atoms with Crippen LogP contribution < -0.4 is 0 Å². The summed E-state index contributed by atoms with van der Waals surface area (Å²) < 4.78 is 23.7. The molecule has 56 valence electrons. The largest absolute Gasteiger partial charge is 0.598 e. The van der Waals surface area contributed by atoms with Crippen molar-refractivity contribution in [3.05, 3.63) is 5.90 Å². The smallest absolute Gasteiger partial charge is 0.475 e. The number of hydrogen-bond acceptors (Lipinski definition) is 3. The van der Waals surface area contributed by atoms with Gasteiger partial charge in [0.2, 0.25) is 7.60 Å². The Bertz CT molecular complexity index is 128. The van der Waals surface area contributed by atoms with Gasteiger partial charge in [0.25, 0.3) is 0 Å². The molecule has 2 radical (unpaired) electrons. The fourth-order valence-corrected chi connectivity index (χ4v) is 1.30. The predicted octanol–water partition coefficient (Wildman–Crippen LogP) is 0.145. The Labute approximate surface area is 70.8 Å². The van der Waals surface area contributed by atoms with Crippen molar-refractivity contribution < 1.29 is 38.2 Å². The summed E-state index contributed by atoms with van der Waals surface area (Å²) in [4.78, 5) is 8.39. The molecule has 0 aromatic rings. The average Bonchev–Trinajstić information content (AvgIpc) is 1.67. The normalized spacial score (nSPS) is 14.9. The first-order valence-electron chi connectivity index (χ1n) is 1.56. The van der Waals surface area contributed by atoms with E-state index in [1.807, 2.05) is 9.24 Å². The molecule has 0 fully saturated rings. The van der Waals surface area contributed by atoms with E-state index in [9.17, 15) is 9.03 Å². The molecule has 0 aliphatic carbocycles. The molecule has 9 heavy (non-hydrogen) atoms. The molecule has 0 spiro atoms. The molecule has 0 heterocycles. The van der Waals surface area contributed by atoms with Gasteiger partial charge in [-0.3, -0.25) is 13.8 Å². The summed E-state index contributed by atoms with van der Waals surface area (Å²) in [6.07, 6.45) is 0. The van der Waals surface area contributed by atoms with E-state index in [4.69, 9.17) is 4.89 Å². The molecule has 0 aromatic heterocycles. The summed E-state index contributed by atoms with van der Waals surface area (Å²) in [6, 6.07) is 0. The Morgan fingerprint density at radius 3 is 2.33 bits per heavy atom. The third kappa shape index (κ3) is 6.98. The van der Waals surface area contributed by atoms with Gasteiger partial charge in [0, 0.05) is 20.1 Å². The summed E-state index contributed by atoms with van der Waals surface area (Å²) in [7, 11) is -2.93. The maximum absolute atomic E-state index is 10.2. The van der Waals surface area contributed by atoms with Crippen molar-refractivity contribution in [2.24, 2.45) is 0 Å². The third-order valence-electron chi connectivity index (χ3n) is 0.356. The van der Waals surface area contributed by atoms with Gasteiger partial charge in [-0.25, -0.2) is 0 Å². The first-order valence-corrected chi connectivity index (χ1v) is 4.69. The maximum Gasteiger partial charge on any atom is 0.598 e. The van der Waals surface area contributed by atoms with Crippen LogP contribution in [0.4, 0.5) is 0 Å².